The Labute approximate surface area is 162 Å². The molecule has 0 radical (unpaired) electrons. The van der Waals surface area contributed by atoms with Crippen molar-refractivity contribution in [2.75, 3.05) is 33.7 Å². The largest absolute Gasteiger partial charge is 0.305 e. The first-order valence-corrected chi connectivity index (χ1v) is 10.8. The first kappa shape index (κ1) is 18.2. The van der Waals surface area contributed by atoms with Gasteiger partial charge in [-0.3, -0.25) is 9.80 Å². The molecule has 1 fully saturated rings. The molecule has 1 aromatic carbocycles. The number of hydrogen-bond donors (Lipinski definition) is 0. The van der Waals surface area contributed by atoms with Crippen LogP contribution in [0.3, 0.4) is 0 Å². The average Bonchev–Trinajstić information content (AvgIpc) is 3.08. The summed E-state index contributed by atoms with van der Waals surface area (Å²) in [4.78, 5) is 9.15. The van der Waals surface area contributed by atoms with Gasteiger partial charge in [0.15, 0.2) is 0 Å². The lowest BCUT2D eigenvalue weighted by molar-refractivity contribution is 0.0953. The van der Waals surface area contributed by atoms with Gasteiger partial charge in [0.1, 0.15) is 0 Å². The summed E-state index contributed by atoms with van der Waals surface area (Å²) >= 11 is 1.93. The lowest BCUT2D eigenvalue weighted by Crippen LogP contribution is -2.46. The van der Waals surface area contributed by atoms with Crippen LogP contribution in [0.4, 0.5) is 0 Å². The Hall–Kier alpha value is -1.20. The van der Waals surface area contributed by atoms with Crippen LogP contribution in [-0.4, -0.2) is 54.5 Å². The van der Waals surface area contributed by atoms with E-state index >= 15 is 0 Å². The molecule has 3 nitrogen and oxygen atoms in total. The molecule has 2 aliphatic heterocycles. The standard InChI is InChI=1S/C22H31N3S/c1-23(2)14-18-13-22(26-17-18)16-24-10-8-21(9-11-24)25-12-7-19-5-3-4-6-20(19)15-25/h3-6,13,17,21H,7-12,14-16H2,1-2H3. The van der Waals surface area contributed by atoms with Crippen molar-refractivity contribution in [3.05, 3.63) is 57.3 Å². The number of benzene rings is 1. The van der Waals surface area contributed by atoms with Gasteiger partial charge in [-0.25, -0.2) is 0 Å². The van der Waals surface area contributed by atoms with Gasteiger partial charge in [-0.1, -0.05) is 24.3 Å². The summed E-state index contributed by atoms with van der Waals surface area (Å²) in [5.41, 5.74) is 4.57. The normalized spacial score (nSPS) is 19.8. The zero-order valence-electron chi connectivity index (χ0n) is 16.2. The highest BCUT2D eigenvalue weighted by atomic mass is 32.1. The summed E-state index contributed by atoms with van der Waals surface area (Å²) in [5, 5.41) is 2.33. The monoisotopic (exact) mass is 369 g/mol. The predicted molar refractivity (Wildman–Crippen MR) is 111 cm³/mol. The number of piperidine rings is 1. The molecule has 4 heteroatoms. The Morgan fingerprint density at radius 2 is 1.85 bits per heavy atom. The van der Waals surface area contributed by atoms with Gasteiger partial charge in [0.2, 0.25) is 0 Å². The second-order valence-corrected chi connectivity index (χ2v) is 9.15. The molecular weight excluding hydrogens is 338 g/mol. The Bertz CT molecular complexity index is 716. The molecular formula is C22H31N3S. The van der Waals surface area contributed by atoms with Crippen molar-refractivity contribution in [2.24, 2.45) is 0 Å². The van der Waals surface area contributed by atoms with E-state index in [0.717, 1.165) is 25.7 Å². The van der Waals surface area contributed by atoms with Crippen molar-refractivity contribution in [2.45, 2.75) is 44.9 Å². The fourth-order valence-corrected chi connectivity index (χ4v) is 5.37. The maximum absolute atomic E-state index is 2.74. The summed E-state index contributed by atoms with van der Waals surface area (Å²) in [6, 6.07) is 12.2. The minimum atomic E-state index is 0.771. The van der Waals surface area contributed by atoms with E-state index < -0.39 is 0 Å². The molecule has 4 rings (SSSR count). The van der Waals surface area contributed by atoms with Crippen molar-refractivity contribution in [3.8, 4) is 0 Å². The summed E-state index contributed by atoms with van der Waals surface area (Å²) in [6.45, 7) is 7.05. The molecule has 0 atom stereocenters. The van der Waals surface area contributed by atoms with E-state index in [1.807, 2.05) is 11.3 Å². The molecule has 0 spiro atoms. The van der Waals surface area contributed by atoms with Crippen LogP contribution in [0.25, 0.3) is 0 Å². The molecule has 3 heterocycles. The van der Waals surface area contributed by atoms with Crippen LogP contribution in [0.2, 0.25) is 0 Å². The number of fused-ring (bicyclic) bond motifs is 1. The van der Waals surface area contributed by atoms with Crippen LogP contribution < -0.4 is 0 Å². The smallest absolute Gasteiger partial charge is 0.0328 e. The Kier molecular flexibility index (Phi) is 5.75. The van der Waals surface area contributed by atoms with Gasteiger partial charge in [-0.15, -0.1) is 11.3 Å². The molecule has 26 heavy (non-hydrogen) atoms. The van der Waals surface area contributed by atoms with Gasteiger partial charge in [-0.2, -0.15) is 0 Å². The highest BCUT2D eigenvalue weighted by molar-refractivity contribution is 7.10. The molecule has 140 valence electrons. The minimum absolute atomic E-state index is 0.771. The first-order chi connectivity index (χ1) is 12.7. The maximum Gasteiger partial charge on any atom is 0.0328 e. The van der Waals surface area contributed by atoms with Gasteiger partial charge in [0.05, 0.1) is 0 Å². The molecule has 2 aliphatic rings. The highest BCUT2D eigenvalue weighted by Crippen LogP contribution is 2.26. The fraction of sp³-hybridized carbons (Fsp3) is 0.545. The Morgan fingerprint density at radius 1 is 1.08 bits per heavy atom. The fourth-order valence-electron chi connectivity index (χ4n) is 4.45. The van der Waals surface area contributed by atoms with Crippen molar-refractivity contribution in [1.82, 2.24) is 14.7 Å². The van der Waals surface area contributed by atoms with E-state index in [1.165, 1.54) is 49.3 Å². The van der Waals surface area contributed by atoms with Crippen LogP contribution in [0.1, 0.15) is 34.4 Å². The summed E-state index contributed by atoms with van der Waals surface area (Å²) in [7, 11) is 4.28. The van der Waals surface area contributed by atoms with Gasteiger partial charge in [-0.05, 0) is 61.5 Å². The molecule has 0 amide bonds. The van der Waals surface area contributed by atoms with Crippen molar-refractivity contribution in [1.29, 1.82) is 0 Å². The third-order valence-electron chi connectivity index (χ3n) is 5.82. The van der Waals surface area contributed by atoms with E-state index in [2.05, 4.69) is 64.5 Å². The molecule has 2 aromatic rings. The number of hydrogen-bond acceptors (Lipinski definition) is 4. The van der Waals surface area contributed by atoms with E-state index in [4.69, 9.17) is 0 Å². The third kappa shape index (κ3) is 4.37. The number of likely N-dealkylation sites (tertiary alicyclic amines) is 1. The summed E-state index contributed by atoms with van der Waals surface area (Å²) in [6.07, 6.45) is 3.86. The summed E-state index contributed by atoms with van der Waals surface area (Å²) in [5.74, 6) is 0. The highest BCUT2D eigenvalue weighted by Gasteiger charge is 2.27. The topological polar surface area (TPSA) is 9.72 Å². The lowest BCUT2D eigenvalue weighted by atomic mass is 9.95. The van der Waals surface area contributed by atoms with E-state index in [9.17, 15) is 0 Å². The van der Waals surface area contributed by atoms with Crippen molar-refractivity contribution in [3.63, 3.8) is 0 Å². The van der Waals surface area contributed by atoms with Crippen LogP contribution in [0.5, 0.6) is 0 Å². The van der Waals surface area contributed by atoms with Crippen LogP contribution >= 0.6 is 11.3 Å². The zero-order valence-corrected chi connectivity index (χ0v) is 17.0. The van der Waals surface area contributed by atoms with Gasteiger partial charge in [0, 0.05) is 50.2 Å². The first-order valence-electron chi connectivity index (χ1n) is 9.91. The molecule has 0 bridgehead atoms. The van der Waals surface area contributed by atoms with Crippen LogP contribution in [0, 0.1) is 0 Å². The SMILES string of the molecule is CN(C)Cc1csc(CN2CCC(N3CCc4ccccc4C3)CC2)c1. The van der Waals surface area contributed by atoms with Gasteiger partial charge in [0.25, 0.3) is 0 Å². The Balaban J connectivity index is 1.27. The molecule has 1 aromatic heterocycles. The third-order valence-corrected chi connectivity index (χ3v) is 6.79. The maximum atomic E-state index is 2.74. The predicted octanol–water partition coefficient (Wildman–Crippen LogP) is 3.83. The molecule has 1 saturated heterocycles. The minimum Gasteiger partial charge on any atom is -0.305 e. The summed E-state index contributed by atoms with van der Waals surface area (Å²) < 4.78 is 0. The van der Waals surface area contributed by atoms with Gasteiger partial charge < -0.3 is 4.90 Å². The molecule has 0 aliphatic carbocycles. The number of thiophene rings is 1. The van der Waals surface area contributed by atoms with Crippen molar-refractivity contribution >= 4 is 11.3 Å². The van der Waals surface area contributed by atoms with E-state index in [1.54, 1.807) is 11.1 Å². The average molecular weight is 370 g/mol. The Morgan fingerprint density at radius 3 is 2.62 bits per heavy atom. The van der Waals surface area contributed by atoms with Crippen LogP contribution in [-0.2, 0) is 26.1 Å². The second kappa shape index (κ2) is 8.22. The number of nitrogens with zero attached hydrogens (tertiary/aromatic N) is 3. The van der Waals surface area contributed by atoms with E-state index in [-0.39, 0.29) is 0 Å². The second-order valence-electron chi connectivity index (χ2n) is 8.16. The van der Waals surface area contributed by atoms with Crippen molar-refractivity contribution < 1.29 is 0 Å². The molecule has 0 saturated carbocycles. The van der Waals surface area contributed by atoms with Gasteiger partial charge >= 0.3 is 0 Å². The lowest BCUT2D eigenvalue weighted by Gasteiger charge is -2.40. The van der Waals surface area contributed by atoms with E-state index in [0.29, 0.717) is 0 Å². The molecule has 0 unspecified atom stereocenters. The molecule has 0 N–H and O–H groups in total. The number of rotatable bonds is 5. The van der Waals surface area contributed by atoms with Crippen LogP contribution in [0.15, 0.2) is 35.7 Å². The zero-order chi connectivity index (χ0) is 17.9. The quantitative estimate of drug-likeness (QED) is 0.793.